The minimum Gasteiger partial charge on any atom is -0.491 e. The molecule has 0 bridgehead atoms. The molecule has 2 nitrogen and oxygen atoms in total. The summed E-state index contributed by atoms with van der Waals surface area (Å²) in [4.78, 5) is 1.20. The summed E-state index contributed by atoms with van der Waals surface area (Å²) in [5, 5.41) is 13.9. The first kappa shape index (κ1) is 13.5. The molecule has 0 aliphatic carbocycles. The minimum absolute atomic E-state index is 0.334. The fourth-order valence-electron chi connectivity index (χ4n) is 1.40. The van der Waals surface area contributed by atoms with Gasteiger partial charge in [-0.1, -0.05) is 17.7 Å². The minimum atomic E-state index is -0.448. The lowest BCUT2D eigenvalue weighted by Crippen LogP contribution is -2.19. The highest BCUT2D eigenvalue weighted by Crippen LogP contribution is 2.21. The summed E-state index contributed by atoms with van der Waals surface area (Å²) in [6, 6.07) is 9.91. The molecule has 1 atom stereocenters. The Balaban J connectivity index is 1.71. The fraction of sp³-hybridized carbons (Fsp3) is 0.286. The first-order valence-corrected chi connectivity index (χ1v) is 7.69. The molecule has 0 aliphatic heterocycles. The molecule has 2 rings (SSSR count). The van der Waals surface area contributed by atoms with Gasteiger partial charge < -0.3 is 9.84 Å². The predicted octanol–water partition coefficient (Wildman–Crippen LogP) is 3.59. The molecule has 0 saturated heterocycles. The van der Waals surface area contributed by atoms with Gasteiger partial charge in [0.15, 0.2) is 0 Å². The van der Waals surface area contributed by atoms with Gasteiger partial charge in [0.1, 0.15) is 12.4 Å². The zero-order valence-electron chi connectivity index (χ0n) is 10.2. The zero-order chi connectivity index (χ0) is 12.8. The second-order valence-electron chi connectivity index (χ2n) is 4.05. The third-order valence-electron chi connectivity index (χ3n) is 2.40. The third kappa shape index (κ3) is 4.37. The Bertz CT molecular complexity index is 451. The van der Waals surface area contributed by atoms with Gasteiger partial charge in [-0.2, -0.15) is 11.3 Å². The van der Waals surface area contributed by atoms with Crippen LogP contribution >= 0.6 is 23.1 Å². The van der Waals surface area contributed by atoms with Gasteiger partial charge in [-0.25, -0.2) is 0 Å². The van der Waals surface area contributed by atoms with Gasteiger partial charge in [0.05, 0.1) is 6.10 Å². The van der Waals surface area contributed by atoms with Gasteiger partial charge in [0.25, 0.3) is 0 Å². The standard InChI is InChI=1S/C14H16O2S2/c1-11-2-4-13(5-3-11)16-8-12(15)9-18-14-6-7-17-10-14/h2-7,10,12,15H,8-9H2,1H3. The Labute approximate surface area is 116 Å². The molecule has 96 valence electrons. The monoisotopic (exact) mass is 280 g/mol. The SMILES string of the molecule is Cc1ccc(OCC(O)CSc2ccsc2)cc1. The largest absolute Gasteiger partial charge is 0.491 e. The van der Waals surface area contributed by atoms with E-state index in [9.17, 15) is 5.11 Å². The highest BCUT2D eigenvalue weighted by atomic mass is 32.2. The van der Waals surface area contributed by atoms with Gasteiger partial charge in [-0.05, 0) is 30.5 Å². The van der Waals surface area contributed by atoms with E-state index in [1.165, 1.54) is 10.5 Å². The second-order valence-corrected chi connectivity index (χ2v) is 5.92. The maximum atomic E-state index is 9.82. The Morgan fingerprint density at radius 3 is 2.72 bits per heavy atom. The number of hydrogen-bond acceptors (Lipinski definition) is 4. The van der Waals surface area contributed by atoms with Crippen LogP contribution in [0.5, 0.6) is 5.75 Å². The van der Waals surface area contributed by atoms with Crippen LogP contribution in [0.4, 0.5) is 0 Å². The van der Waals surface area contributed by atoms with E-state index in [1.807, 2.05) is 36.6 Å². The third-order valence-corrected chi connectivity index (χ3v) is 4.37. The highest BCUT2D eigenvalue weighted by Gasteiger charge is 2.06. The quantitative estimate of drug-likeness (QED) is 0.820. The zero-order valence-corrected chi connectivity index (χ0v) is 11.8. The van der Waals surface area contributed by atoms with Crippen molar-refractivity contribution >= 4 is 23.1 Å². The van der Waals surface area contributed by atoms with E-state index in [4.69, 9.17) is 4.74 Å². The summed E-state index contributed by atoms with van der Waals surface area (Å²) < 4.78 is 5.53. The van der Waals surface area contributed by atoms with E-state index in [1.54, 1.807) is 23.1 Å². The highest BCUT2D eigenvalue weighted by molar-refractivity contribution is 7.99. The van der Waals surface area contributed by atoms with Crippen molar-refractivity contribution in [2.75, 3.05) is 12.4 Å². The maximum Gasteiger partial charge on any atom is 0.119 e. The molecule has 1 heterocycles. The number of aliphatic hydroxyl groups excluding tert-OH is 1. The fourth-order valence-corrected chi connectivity index (χ4v) is 3.09. The Kier molecular flexibility index (Phi) is 5.11. The Morgan fingerprint density at radius 2 is 2.06 bits per heavy atom. The number of benzene rings is 1. The van der Waals surface area contributed by atoms with Crippen LogP contribution in [0.3, 0.4) is 0 Å². The van der Waals surface area contributed by atoms with E-state index in [0.717, 1.165) is 5.75 Å². The van der Waals surface area contributed by atoms with Crippen LogP contribution in [0.15, 0.2) is 46.0 Å². The normalized spacial score (nSPS) is 12.3. The molecule has 0 amide bonds. The molecule has 18 heavy (non-hydrogen) atoms. The number of hydrogen-bond donors (Lipinski definition) is 1. The molecular formula is C14H16O2S2. The van der Waals surface area contributed by atoms with Crippen molar-refractivity contribution in [1.82, 2.24) is 0 Å². The lowest BCUT2D eigenvalue weighted by Gasteiger charge is -2.11. The Hall–Kier alpha value is -0.970. The smallest absolute Gasteiger partial charge is 0.119 e. The molecule has 2 aromatic rings. The van der Waals surface area contributed by atoms with Crippen LogP contribution in [-0.2, 0) is 0 Å². The molecule has 0 radical (unpaired) electrons. The van der Waals surface area contributed by atoms with Crippen LogP contribution in [-0.4, -0.2) is 23.6 Å². The molecule has 0 fully saturated rings. The second kappa shape index (κ2) is 6.83. The van der Waals surface area contributed by atoms with E-state index in [-0.39, 0.29) is 0 Å². The summed E-state index contributed by atoms with van der Waals surface area (Å²) in [7, 11) is 0. The van der Waals surface area contributed by atoms with E-state index in [2.05, 4.69) is 11.4 Å². The average molecular weight is 280 g/mol. The topological polar surface area (TPSA) is 29.5 Å². The lowest BCUT2D eigenvalue weighted by atomic mass is 10.2. The summed E-state index contributed by atoms with van der Waals surface area (Å²) in [6.07, 6.45) is -0.448. The van der Waals surface area contributed by atoms with Crippen LogP contribution in [0.25, 0.3) is 0 Å². The van der Waals surface area contributed by atoms with Crippen molar-refractivity contribution in [3.63, 3.8) is 0 Å². The van der Waals surface area contributed by atoms with Crippen LogP contribution < -0.4 is 4.74 Å². The van der Waals surface area contributed by atoms with Crippen LogP contribution in [0, 0.1) is 6.92 Å². The molecule has 1 aromatic carbocycles. The van der Waals surface area contributed by atoms with Crippen molar-refractivity contribution in [2.45, 2.75) is 17.9 Å². The van der Waals surface area contributed by atoms with Gasteiger partial charge in [-0.15, -0.1) is 11.8 Å². The van der Waals surface area contributed by atoms with Crippen molar-refractivity contribution < 1.29 is 9.84 Å². The number of thioether (sulfide) groups is 1. The van der Waals surface area contributed by atoms with E-state index < -0.39 is 6.10 Å². The van der Waals surface area contributed by atoms with Gasteiger partial charge in [-0.3, -0.25) is 0 Å². The number of rotatable bonds is 6. The van der Waals surface area contributed by atoms with Crippen LogP contribution in [0.1, 0.15) is 5.56 Å². The lowest BCUT2D eigenvalue weighted by molar-refractivity contribution is 0.126. The predicted molar refractivity (Wildman–Crippen MR) is 77.7 cm³/mol. The van der Waals surface area contributed by atoms with Gasteiger partial charge in [0.2, 0.25) is 0 Å². The Morgan fingerprint density at radius 1 is 1.28 bits per heavy atom. The molecule has 0 saturated carbocycles. The summed E-state index contributed by atoms with van der Waals surface area (Å²) in [6.45, 7) is 2.37. The maximum absolute atomic E-state index is 9.82. The van der Waals surface area contributed by atoms with Crippen molar-refractivity contribution in [3.05, 3.63) is 46.7 Å². The van der Waals surface area contributed by atoms with Crippen molar-refractivity contribution in [3.8, 4) is 5.75 Å². The summed E-state index contributed by atoms with van der Waals surface area (Å²) >= 11 is 3.32. The average Bonchev–Trinajstić information content (AvgIpc) is 2.89. The number of thiophene rings is 1. The molecule has 4 heteroatoms. The summed E-state index contributed by atoms with van der Waals surface area (Å²) in [5.74, 6) is 1.46. The van der Waals surface area contributed by atoms with Gasteiger partial charge in [0, 0.05) is 16.0 Å². The first-order chi connectivity index (χ1) is 8.74. The number of ether oxygens (including phenoxy) is 1. The summed E-state index contributed by atoms with van der Waals surface area (Å²) in [5.41, 5.74) is 1.20. The van der Waals surface area contributed by atoms with Gasteiger partial charge >= 0.3 is 0 Å². The molecule has 1 unspecified atom stereocenters. The first-order valence-electron chi connectivity index (χ1n) is 5.76. The van der Waals surface area contributed by atoms with Crippen molar-refractivity contribution in [1.29, 1.82) is 0 Å². The molecule has 0 spiro atoms. The van der Waals surface area contributed by atoms with E-state index >= 15 is 0 Å². The molecular weight excluding hydrogens is 264 g/mol. The number of aliphatic hydroxyl groups is 1. The molecule has 0 aliphatic rings. The van der Waals surface area contributed by atoms with Crippen LogP contribution in [0.2, 0.25) is 0 Å². The molecule has 1 aromatic heterocycles. The number of aryl methyl sites for hydroxylation is 1. The van der Waals surface area contributed by atoms with Crippen molar-refractivity contribution in [2.24, 2.45) is 0 Å². The molecule has 1 N–H and O–H groups in total. The van der Waals surface area contributed by atoms with E-state index in [0.29, 0.717) is 12.4 Å².